The summed E-state index contributed by atoms with van der Waals surface area (Å²) in [6, 6.07) is 3.29. The first kappa shape index (κ1) is 17.8. The van der Waals surface area contributed by atoms with Crippen LogP contribution in [0, 0.1) is 20.8 Å². The molecule has 0 spiro atoms. The van der Waals surface area contributed by atoms with Gasteiger partial charge in [0.2, 0.25) is 0 Å². The van der Waals surface area contributed by atoms with Crippen LogP contribution >= 0.6 is 0 Å². The zero-order valence-corrected chi connectivity index (χ0v) is 15.1. The molecule has 2 rings (SSSR count). The number of carbonyl (C=O) groups is 1. The molecule has 0 aliphatic rings. The maximum absolute atomic E-state index is 12.4. The summed E-state index contributed by atoms with van der Waals surface area (Å²) in [6.45, 7) is 7.66. The van der Waals surface area contributed by atoms with E-state index in [0.29, 0.717) is 5.69 Å². The lowest BCUT2D eigenvalue weighted by atomic mass is 10.0. The van der Waals surface area contributed by atoms with Crippen molar-refractivity contribution in [2.45, 2.75) is 40.2 Å². The highest BCUT2D eigenvalue weighted by molar-refractivity contribution is 5.92. The number of urea groups is 1. The number of nitrogens with one attached hydrogen (secondary N) is 2. The van der Waals surface area contributed by atoms with Crippen LogP contribution in [0.25, 0.3) is 0 Å². The van der Waals surface area contributed by atoms with E-state index in [0.717, 1.165) is 35.0 Å². The monoisotopic (exact) mass is 331 g/mol. The van der Waals surface area contributed by atoms with Crippen LogP contribution in [0.1, 0.15) is 42.1 Å². The van der Waals surface area contributed by atoms with Crippen molar-refractivity contribution in [2.75, 3.05) is 24.3 Å². The van der Waals surface area contributed by atoms with E-state index in [9.17, 15) is 4.79 Å². The van der Waals surface area contributed by atoms with Gasteiger partial charge in [-0.25, -0.2) is 9.78 Å². The Labute approximate surface area is 142 Å². The van der Waals surface area contributed by atoms with Crippen molar-refractivity contribution in [3.63, 3.8) is 0 Å². The summed E-state index contributed by atoms with van der Waals surface area (Å²) >= 11 is 0. The van der Waals surface area contributed by atoms with Crippen molar-refractivity contribution in [3.8, 4) is 0 Å². The molecule has 1 atom stereocenters. The SMILES string of the molecule is CCC(NC(=O)Nc1ccc(C)nc1N(C)C)c1c(C)noc1C. The van der Waals surface area contributed by atoms with Crippen molar-refractivity contribution < 1.29 is 9.32 Å². The third-order valence-corrected chi connectivity index (χ3v) is 3.84. The lowest BCUT2D eigenvalue weighted by molar-refractivity contribution is 0.248. The Morgan fingerprint density at radius 3 is 2.54 bits per heavy atom. The van der Waals surface area contributed by atoms with Crippen molar-refractivity contribution in [2.24, 2.45) is 0 Å². The molecular weight excluding hydrogens is 306 g/mol. The van der Waals surface area contributed by atoms with Crippen LogP contribution in [-0.2, 0) is 0 Å². The van der Waals surface area contributed by atoms with Gasteiger partial charge in [0.15, 0.2) is 5.82 Å². The molecule has 0 radical (unpaired) electrons. The second-order valence-electron chi connectivity index (χ2n) is 6.02. The quantitative estimate of drug-likeness (QED) is 0.878. The minimum absolute atomic E-state index is 0.155. The Morgan fingerprint density at radius 1 is 1.29 bits per heavy atom. The third-order valence-electron chi connectivity index (χ3n) is 3.84. The normalized spacial score (nSPS) is 11.9. The molecule has 0 bridgehead atoms. The molecule has 2 heterocycles. The Hall–Kier alpha value is -2.57. The van der Waals surface area contributed by atoms with E-state index in [1.165, 1.54) is 0 Å². The maximum Gasteiger partial charge on any atom is 0.319 e. The predicted molar refractivity (Wildman–Crippen MR) is 94.5 cm³/mol. The van der Waals surface area contributed by atoms with E-state index in [1.54, 1.807) is 0 Å². The predicted octanol–water partition coefficient (Wildman–Crippen LogP) is 3.33. The average molecular weight is 331 g/mol. The molecule has 1 unspecified atom stereocenters. The molecule has 0 aliphatic heterocycles. The number of nitrogens with zero attached hydrogens (tertiary/aromatic N) is 3. The Bertz CT molecular complexity index is 704. The minimum Gasteiger partial charge on any atom is -0.361 e. The fourth-order valence-corrected chi connectivity index (χ4v) is 2.66. The number of rotatable bonds is 5. The number of carbonyl (C=O) groups excluding carboxylic acids is 1. The smallest absolute Gasteiger partial charge is 0.319 e. The van der Waals surface area contributed by atoms with Crippen LogP contribution in [0.4, 0.5) is 16.3 Å². The number of hydrogen-bond acceptors (Lipinski definition) is 5. The molecule has 0 aliphatic carbocycles. The van der Waals surface area contributed by atoms with E-state index in [1.807, 2.05) is 58.8 Å². The van der Waals surface area contributed by atoms with Gasteiger partial charge in [-0.05, 0) is 39.3 Å². The summed E-state index contributed by atoms with van der Waals surface area (Å²) in [5.41, 5.74) is 3.29. The summed E-state index contributed by atoms with van der Waals surface area (Å²) in [7, 11) is 3.78. The van der Waals surface area contributed by atoms with E-state index in [-0.39, 0.29) is 12.1 Å². The van der Waals surface area contributed by atoms with Gasteiger partial charge in [0, 0.05) is 25.4 Å². The van der Waals surface area contributed by atoms with Gasteiger partial charge in [-0.3, -0.25) is 0 Å². The van der Waals surface area contributed by atoms with Crippen molar-refractivity contribution in [1.29, 1.82) is 0 Å². The minimum atomic E-state index is -0.282. The molecule has 0 saturated carbocycles. The van der Waals surface area contributed by atoms with Gasteiger partial charge in [-0.15, -0.1) is 0 Å². The number of amides is 2. The van der Waals surface area contributed by atoms with Crippen LogP contribution in [0.5, 0.6) is 0 Å². The number of hydrogen-bond donors (Lipinski definition) is 2. The van der Waals surface area contributed by atoms with Crippen LogP contribution < -0.4 is 15.5 Å². The van der Waals surface area contributed by atoms with Crippen LogP contribution in [0.15, 0.2) is 16.7 Å². The van der Waals surface area contributed by atoms with E-state index in [4.69, 9.17) is 4.52 Å². The first-order valence-corrected chi connectivity index (χ1v) is 7.98. The second-order valence-corrected chi connectivity index (χ2v) is 6.02. The molecule has 7 nitrogen and oxygen atoms in total. The fraction of sp³-hybridized carbons (Fsp3) is 0.471. The summed E-state index contributed by atoms with van der Waals surface area (Å²) in [5, 5.41) is 9.82. The second kappa shape index (κ2) is 7.33. The van der Waals surface area contributed by atoms with E-state index >= 15 is 0 Å². The molecule has 2 aromatic heterocycles. The zero-order chi connectivity index (χ0) is 17.9. The molecule has 2 amide bonds. The van der Waals surface area contributed by atoms with Crippen LogP contribution in [0.3, 0.4) is 0 Å². The van der Waals surface area contributed by atoms with Gasteiger partial charge >= 0.3 is 6.03 Å². The number of aryl methyl sites for hydroxylation is 3. The highest BCUT2D eigenvalue weighted by Gasteiger charge is 2.21. The topological polar surface area (TPSA) is 83.3 Å². The number of pyridine rings is 1. The first-order chi connectivity index (χ1) is 11.3. The molecule has 7 heteroatoms. The fourth-order valence-electron chi connectivity index (χ4n) is 2.66. The molecule has 24 heavy (non-hydrogen) atoms. The number of aromatic nitrogens is 2. The van der Waals surface area contributed by atoms with Crippen LogP contribution in [0.2, 0.25) is 0 Å². The Balaban J connectivity index is 2.16. The average Bonchev–Trinajstić information content (AvgIpc) is 2.85. The van der Waals surface area contributed by atoms with Crippen molar-refractivity contribution in [1.82, 2.24) is 15.5 Å². The molecule has 0 saturated heterocycles. The first-order valence-electron chi connectivity index (χ1n) is 7.98. The third kappa shape index (κ3) is 3.84. The van der Waals surface area contributed by atoms with Crippen LogP contribution in [-0.4, -0.2) is 30.3 Å². The highest BCUT2D eigenvalue weighted by atomic mass is 16.5. The van der Waals surface area contributed by atoms with Gasteiger partial charge in [-0.2, -0.15) is 0 Å². The molecular formula is C17H25N5O2. The summed E-state index contributed by atoms with van der Waals surface area (Å²) in [4.78, 5) is 18.8. The van der Waals surface area contributed by atoms with Gasteiger partial charge in [0.25, 0.3) is 0 Å². The molecule has 2 aromatic rings. The molecule has 2 N–H and O–H groups in total. The van der Waals surface area contributed by atoms with Gasteiger partial charge in [-0.1, -0.05) is 12.1 Å². The Morgan fingerprint density at radius 2 is 2.00 bits per heavy atom. The van der Waals surface area contributed by atoms with Gasteiger partial charge in [0.05, 0.1) is 17.4 Å². The molecule has 0 aromatic carbocycles. The summed E-state index contributed by atoms with van der Waals surface area (Å²) in [6.07, 6.45) is 0.739. The number of anilines is 2. The maximum atomic E-state index is 12.4. The Kier molecular flexibility index (Phi) is 5.43. The van der Waals surface area contributed by atoms with Gasteiger partial charge < -0.3 is 20.1 Å². The zero-order valence-electron chi connectivity index (χ0n) is 15.1. The molecule has 130 valence electrons. The molecule has 0 fully saturated rings. The van der Waals surface area contributed by atoms with E-state index < -0.39 is 0 Å². The summed E-state index contributed by atoms with van der Waals surface area (Å²) in [5.74, 6) is 1.45. The highest BCUT2D eigenvalue weighted by Crippen LogP contribution is 2.25. The van der Waals surface area contributed by atoms with Gasteiger partial charge in [0.1, 0.15) is 5.76 Å². The largest absolute Gasteiger partial charge is 0.361 e. The standard InChI is InChI=1S/C17H25N5O2/c1-7-13(15-11(3)21-24-12(15)4)19-17(23)20-14-9-8-10(2)18-16(14)22(5)6/h8-9,13H,7H2,1-6H3,(H2,19,20,23). The summed E-state index contributed by atoms with van der Waals surface area (Å²) < 4.78 is 5.20. The lowest BCUT2D eigenvalue weighted by Crippen LogP contribution is -2.33. The van der Waals surface area contributed by atoms with Crippen molar-refractivity contribution in [3.05, 3.63) is 34.8 Å². The van der Waals surface area contributed by atoms with Crippen molar-refractivity contribution >= 4 is 17.5 Å². The van der Waals surface area contributed by atoms with E-state index in [2.05, 4.69) is 20.8 Å². The lowest BCUT2D eigenvalue weighted by Gasteiger charge is -2.20.